The standard InChI is InChI=1S/C21H15F3N4O3/c22-21(23,24)16-8-6-15(7-9-16)19-26-27-20(31-19)25-17-10-11-28(18(29)12-17)30-13-14-4-2-1-3-5-14/h1-12H,13H2,(H,25,27). The van der Waals surface area contributed by atoms with Crippen LogP contribution >= 0.6 is 0 Å². The number of hydrogen-bond acceptors (Lipinski definition) is 6. The fourth-order valence-electron chi connectivity index (χ4n) is 2.68. The largest absolute Gasteiger partial charge is 0.416 e. The molecule has 0 aliphatic rings. The molecule has 4 aromatic rings. The normalized spacial score (nSPS) is 11.3. The summed E-state index contributed by atoms with van der Waals surface area (Å²) in [5.41, 5.74) is 0.441. The first-order valence-corrected chi connectivity index (χ1v) is 9.06. The smallest absolute Gasteiger partial charge is 0.406 e. The van der Waals surface area contributed by atoms with Crippen molar-refractivity contribution in [2.45, 2.75) is 12.8 Å². The molecule has 2 aromatic carbocycles. The Bertz CT molecular complexity index is 1220. The lowest BCUT2D eigenvalue weighted by Gasteiger charge is -2.09. The van der Waals surface area contributed by atoms with Crippen molar-refractivity contribution < 1.29 is 22.4 Å². The summed E-state index contributed by atoms with van der Waals surface area (Å²) in [6, 6.07) is 16.6. The lowest BCUT2D eigenvalue weighted by Crippen LogP contribution is -2.25. The van der Waals surface area contributed by atoms with Crippen LogP contribution in [0.3, 0.4) is 0 Å². The molecule has 0 fully saturated rings. The van der Waals surface area contributed by atoms with Gasteiger partial charge in [-0.05, 0) is 35.9 Å². The Balaban J connectivity index is 1.42. The Labute approximate surface area is 173 Å². The first-order chi connectivity index (χ1) is 14.9. The Morgan fingerprint density at radius 2 is 1.74 bits per heavy atom. The minimum atomic E-state index is -4.43. The van der Waals surface area contributed by atoms with Gasteiger partial charge in [-0.25, -0.2) is 0 Å². The molecular weight excluding hydrogens is 413 g/mol. The van der Waals surface area contributed by atoms with Crippen molar-refractivity contribution in [3.05, 3.63) is 94.4 Å². The maximum atomic E-state index is 12.7. The number of aromatic nitrogens is 3. The zero-order valence-corrected chi connectivity index (χ0v) is 15.8. The monoisotopic (exact) mass is 428 g/mol. The van der Waals surface area contributed by atoms with E-state index in [0.29, 0.717) is 11.3 Å². The van der Waals surface area contributed by atoms with Crippen LogP contribution in [0.15, 0.2) is 82.1 Å². The van der Waals surface area contributed by atoms with E-state index in [0.717, 1.165) is 22.4 Å². The van der Waals surface area contributed by atoms with E-state index in [4.69, 9.17) is 9.25 Å². The van der Waals surface area contributed by atoms with Crippen molar-refractivity contribution in [2.24, 2.45) is 0 Å². The van der Waals surface area contributed by atoms with Crippen LogP contribution in [-0.4, -0.2) is 14.9 Å². The summed E-state index contributed by atoms with van der Waals surface area (Å²) >= 11 is 0. The van der Waals surface area contributed by atoms with Gasteiger partial charge in [-0.2, -0.15) is 17.9 Å². The molecule has 0 aliphatic heterocycles. The molecule has 4 rings (SSSR count). The molecule has 0 unspecified atom stereocenters. The first-order valence-electron chi connectivity index (χ1n) is 9.06. The third-order valence-electron chi connectivity index (χ3n) is 4.23. The average Bonchev–Trinajstić information content (AvgIpc) is 3.22. The van der Waals surface area contributed by atoms with Gasteiger partial charge in [-0.15, -0.1) is 5.10 Å². The molecule has 0 radical (unpaired) electrons. The molecular formula is C21H15F3N4O3. The van der Waals surface area contributed by atoms with Gasteiger partial charge in [0, 0.05) is 23.5 Å². The Morgan fingerprint density at radius 3 is 2.42 bits per heavy atom. The Kier molecular flexibility index (Phi) is 5.44. The maximum Gasteiger partial charge on any atom is 0.416 e. The van der Waals surface area contributed by atoms with Gasteiger partial charge < -0.3 is 14.6 Å². The second-order valence-electron chi connectivity index (χ2n) is 6.45. The lowest BCUT2D eigenvalue weighted by atomic mass is 10.1. The van der Waals surface area contributed by atoms with Crippen LogP contribution in [0.2, 0.25) is 0 Å². The summed E-state index contributed by atoms with van der Waals surface area (Å²) in [5, 5.41) is 10.4. The summed E-state index contributed by atoms with van der Waals surface area (Å²) < 4.78 is 44.5. The van der Waals surface area contributed by atoms with Gasteiger partial charge >= 0.3 is 12.2 Å². The number of rotatable bonds is 6. The van der Waals surface area contributed by atoms with Crippen molar-refractivity contribution in [1.29, 1.82) is 0 Å². The maximum absolute atomic E-state index is 12.7. The average molecular weight is 428 g/mol. The number of anilines is 2. The van der Waals surface area contributed by atoms with Gasteiger partial charge in [0.25, 0.3) is 5.56 Å². The lowest BCUT2D eigenvalue weighted by molar-refractivity contribution is -0.137. The Hall–Kier alpha value is -4.08. The minimum Gasteiger partial charge on any atom is -0.406 e. The van der Waals surface area contributed by atoms with Crippen molar-refractivity contribution >= 4 is 11.7 Å². The van der Waals surface area contributed by atoms with Gasteiger partial charge in [-0.3, -0.25) is 4.79 Å². The van der Waals surface area contributed by atoms with Gasteiger partial charge in [0.05, 0.1) is 5.56 Å². The number of alkyl halides is 3. The molecule has 2 heterocycles. The topological polar surface area (TPSA) is 82.2 Å². The molecule has 31 heavy (non-hydrogen) atoms. The second-order valence-corrected chi connectivity index (χ2v) is 6.45. The molecule has 0 saturated carbocycles. The first kappa shape index (κ1) is 20.2. The molecule has 1 N–H and O–H groups in total. The SMILES string of the molecule is O=c1cc(Nc2nnc(-c3ccc(C(F)(F)F)cc3)o2)ccn1OCc1ccccc1. The molecule has 0 spiro atoms. The molecule has 0 amide bonds. The molecule has 0 bridgehead atoms. The van der Waals surface area contributed by atoms with E-state index in [9.17, 15) is 18.0 Å². The van der Waals surface area contributed by atoms with Crippen molar-refractivity contribution in [1.82, 2.24) is 14.9 Å². The summed E-state index contributed by atoms with van der Waals surface area (Å²) in [5.74, 6) is 0.0377. The van der Waals surface area contributed by atoms with Crippen molar-refractivity contribution in [3.8, 4) is 11.5 Å². The summed E-state index contributed by atoms with van der Waals surface area (Å²) in [6.45, 7) is 0.230. The highest BCUT2D eigenvalue weighted by Crippen LogP contribution is 2.31. The van der Waals surface area contributed by atoms with E-state index in [2.05, 4.69) is 15.5 Å². The number of benzene rings is 2. The second kappa shape index (κ2) is 8.34. The van der Waals surface area contributed by atoms with Crippen LogP contribution in [0.1, 0.15) is 11.1 Å². The molecule has 0 aliphatic carbocycles. The number of nitrogens with one attached hydrogen (secondary N) is 1. The zero-order chi connectivity index (χ0) is 21.8. The van der Waals surface area contributed by atoms with Crippen molar-refractivity contribution in [3.63, 3.8) is 0 Å². The third kappa shape index (κ3) is 4.92. The van der Waals surface area contributed by atoms with Gasteiger partial charge in [0.1, 0.15) is 6.61 Å². The van der Waals surface area contributed by atoms with Crippen LogP contribution in [-0.2, 0) is 12.8 Å². The Morgan fingerprint density at radius 1 is 1.00 bits per heavy atom. The molecule has 10 heteroatoms. The van der Waals surface area contributed by atoms with Crippen LogP contribution in [0.5, 0.6) is 0 Å². The van der Waals surface area contributed by atoms with Crippen LogP contribution < -0.4 is 15.7 Å². The predicted octanol–water partition coefficient (Wildman–Crippen LogP) is 4.29. The van der Waals surface area contributed by atoms with E-state index in [1.54, 1.807) is 6.07 Å². The molecule has 0 saturated heterocycles. The van der Waals surface area contributed by atoms with Crippen molar-refractivity contribution in [2.75, 3.05) is 5.32 Å². The highest BCUT2D eigenvalue weighted by molar-refractivity contribution is 5.56. The van der Waals surface area contributed by atoms with Crippen LogP contribution in [0, 0.1) is 0 Å². The molecule has 7 nitrogen and oxygen atoms in total. The summed E-state index contributed by atoms with van der Waals surface area (Å²) in [4.78, 5) is 17.7. The van der Waals surface area contributed by atoms with Gasteiger partial charge in [0.2, 0.25) is 5.89 Å². The molecule has 2 aromatic heterocycles. The molecule has 0 atom stereocenters. The summed E-state index contributed by atoms with van der Waals surface area (Å²) in [7, 11) is 0. The van der Waals surface area contributed by atoms with E-state index >= 15 is 0 Å². The van der Waals surface area contributed by atoms with Crippen LogP contribution in [0.25, 0.3) is 11.5 Å². The number of pyridine rings is 1. The molecule has 158 valence electrons. The fourth-order valence-corrected chi connectivity index (χ4v) is 2.68. The fraction of sp³-hybridized carbons (Fsp3) is 0.0952. The quantitative estimate of drug-likeness (QED) is 0.494. The highest BCUT2D eigenvalue weighted by Gasteiger charge is 2.30. The van der Waals surface area contributed by atoms with Gasteiger partial charge in [0.15, 0.2) is 0 Å². The summed E-state index contributed by atoms with van der Waals surface area (Å²) in [6.07, 6.45) is -2.98. The highest BCUT2D eigenvalue weighted by atomic mass is 19.4. The van der Waals surface area contributed by atoms with E-state index in [1.165, 1.54) is 24.4 Å². The zero-order valence-electron chi connectivity index (χ0n) is 15.8. The third-order valence-corrected chi connectivity index (χ3v) is 4.23. The number of nitrogens with zero attached hydrogens (tertiary/aromatic N) is 3. The van der Waals surface area contributed by atoms with Crippen LogP contribution in [0.4, 0.5) is 24.9 Å². The van der Waals surface area contributed by atoms with E-state index in [1.807, 2.05) is 30.3 Å². The number of halogens is 3. The van der Waals surface area contributed by atoms with Gasteiger partial charge in [-0.1, -0.05) is 35.4 Å². The van der Waals surface area contributed by atoms with E-state index < -0.39 is 17.3 Å². The predicted molar refractivity (Wildman–Crippen MR) is 105 cm³/mol. The number of hydrogen-bond donors (Lipinski definition) is 1. The van der Waals surface area contributed by atoms with E-state index in [-0.39, 0.29) is 18.5 Å². The minimum absolute atomic E-state index is 0.0164.